The molecule has 2 aliphatic heterocycles. The Bertz CT molecular complexity index is 1020. The predicted molar refractivity (Wildman–Crippen MR) is 107 cm³/mol. The third-order valence-corrected chi connectivity index (χ3v) is 5.21. The van der Waals surface area contributed by atoms with E-state index in [1.54, 1.807) is 0 Å². The molecule has 0 spiro atoms. The van der Waals surface area contributed by atoms with Crippen LogP contribution in [0, 0.1) is 26.7 Å². The first-order chi connectivity index (χ1) is 13.9. The topological polar surface area (TPSA) is 88.1 Å². The minimum atomic E-state index is -0.981. The number of carbonyl (C=O) groups excluding carboxylic acids is 3. The Morgan fingerprint density at radius 2 is 1.72 bits per heavy atom. The fourth-order valence-electron chi connectivity index (χ4n) is 4.00. The second kappa shape index (κ2) is 7.16. The van der Waals surface area contributed by atoms with Gasteiger partial charge in [0.05, 0.1) is 5.69 Å². The van der Waals surface area contributed by atoms with E-state index in [0.717, 1.165) is 22.3 Å². The maximum atomic E-state index is 13.2. The summed E-state index contributed by atoms with van der Waals surface area (Å²) in [6.45, 7) is 5.75. The number of nitrogens with zero attached hydrogens (tertiary/aromatic N) is 2. The second-order valence-electron chi connectivity index (χ2n) is 7.40. The molecule has 7 nitrogen and oxygen atoms in total. The molecule has 2 aromatic rings. The number of anilines is 1. The summed E-state index contributed by atoms with van der Waals surface area (Å²) < 4.78 is 5.32. The molecule has 2 aliphatic rings. The van der Waals surface area contributed by atoms with E-state index in [-0.39, 0.29) is 12.3 Å². The maximum Gasteiger partial charge on any atom is 0.355 e. The van der Waals surface area contributed by atoms with Crippen LogP contribution in [0.2, 0.25) is 0 Å². The molecule has 2 heterocycles. The third-order valence-electron chi connectivity index (χ3n) is 5.21. The summed E-state index contributed by atoms with van der Waals surface area (Å²) in [6, 6.07) is 12.2. The van der Waals surface area contributed by atoms with Gasteiger partial charge in [-0.1, -0.05) is 48.0 Å². The molecule has 2 amide bonds. The van der Waals surface area contributed by atoms with Crippen molar-refractivity contribution in [2.45, 2.75) is 33.4 Å². The van der Waals surface area contributed by atoms with Crippen molar-refractivity contribution in [3.05, 3.63) is 64.7 Å². The van der Waals surface area contributed by atoms with Crippen LogP contribution < -0.4 is 10.3 Å². The number of hydrogen-bond acceptors (Lipinski definition) is 6. The summed E-state index contributed by atoms with van der Waals surface area (Å²) in [6.07, 6.45) is 0. The van der Waals surface area contributed by atoms with E-state index in [1.807, 2.05) is 63.2 Å². The van der Waals surface area contributed by atoms with Gasteiger partial charge in [-0.15, -0.1) is 0 Å². The quantitative estimate of drug-likeness (QED) is 0.638. The van der Waals surface area contributed by atoms with Crippen LogP contribution in [0.3, 0.4) is 0 Å². The van der Waals surface area contributed by atoms with E-state index in [2.05, 4.69) is 10.5 Å². The number of esters is 1. The molecule has 0 aromatic heterocycles. The highest BCUT2D eigenvalue weighted by molar-refractivity contribution is 6.46. The summed E-state index contributed by atoms with van der Waals surface area (Å²) in [5, 5.41) is 3.94. The molecule has 1 fully saturated rings. The molecule has 7 heteroatoms. The molecule has 0 bridgehead atoms. The highest BCUT2D eigenvalue weighted by Crippen LogP contribution is 2.35. The molecule has 0 radical (unpaired) electrons. The van der Waals surface area contributed by atoms with Crippen molar-refractivity contribution in [2.24, 2.45) is 11.0 Å². The van der Waals surface area contributed by atoms with E-state index in [0.29, 0.717) is 5.69 Å². The normalized spacial score (nSPS) is 20.4. The molecule has 1 N–H and O–H groups in total. The van der Waals surface area contributed by atoms with Crippen molar-refractivity contribution in [1.82, 2.24) is 5.43 Å². The van der Waals surface area contributed by atoms with Gasteiger partial charge in [-0.05, 0) is 37.5 Å². The van der Waals surface area contributed by atoms with E-state index in [1.165, 1.54) is 4.90 Å². The zero-order valence-electron chi connectivity index (χ0n) is 16.4. The molecule has 148 valence electrons. The lowest BCUT2D eigenvalue weighted by atomic mass is 9.98. The lowest BCUT2D eigenvalue weighted by Crippen LogP contribution is -2.37. The van der Waals surface area contributed by atoms with E-state index < -0.39 is 29.7 Å². The maximum absolute atomic E-state index is 13.2. The Labute approximate surface area is 168 Å². The Morgan fingerprint density at radius 3 is 2.38 bits per heavy atom. The number of ether oxygens (including phenoxy) is 1. The number of imide groups is 1. The first-order valence-electron chi connectivity index (χ1n) is 9.38. The summed E-state index contributed by atoms with van der Waals surface area (Å²) in [5.74, 6) is -2.56. The Morgan fingerprint density at radius 1 is 1.07 bits per heavy atom. The fourth-order valence-corrected chi connectivity index (χ4v) is 4.00. The highest BCUT2D eigenvalue weighted by Gasteiger charge is 2.56. The van der Waals surface area contributed by atoms with E-state index in [4.69, 9.17) is 4.74 Å². The minimum Gasteiger partial charge on any atom is -0.456 e. The van der Waals surface area contributed by atoms with E-state index in [9.17, 15) is 14.4 Å². The first-order valence-corrected chi connectivity index (χ1v) is 9.38. The molecular formula is C22H21N3O4. The Balaban J connectivity index is 1.57. The van der Waals surface area contributed by atoms with Crippen LogP contribution in [0.25, 0.3) is 0 Å². The standard InChI is InChI=1S/C22H21N3O4/c1-12-9-13(2)19(14(3)10-12)25-20(26)16-17(21(25)27)23-24-18(16)22(28)29-11-15-7-5-4-6-8-15/h4-10,16-17,23H,11H2,1-3H3. The first kappa shape index (κ1) is 18.9. The molecule has 1 saturated heterocycles. The van der Waals surface area contributed by atoms with Crippen LogP contribution in [0.5, 0.6) is 0 Å². The second-order valence-corrected chi connectivity index (χ2v) is 7.40. The van der Waals surface area contributed by atoms with Crippen molar-refractivity contribution >= 4 is 29.2 Å². The van der Waals surface area contributed by atoms with Gasteiger partial charge in [0.2, 0.25) is 5.91 Å². The van der Waals surface area contributed by atoms with Crippen molar-refractivity contribution in [2.75, 3.05) is 4.90 Å². The number of nitrogens with one attached hydrogen (secondary N) is 1. The summed E-state index contributed by atoms with van der Waals surface area (Å²) >= 11 is 0. The summed E-state index contributed by atoms with van der Waals surface area (Å²) in [5.41, 5.74) is 6.69. The Hall–Kier alpha value is -3.48. The van der Waals surface area contributed by atoms with Crippen LogP contribution in [0.4, 0.5) is 5.69 Å². The van der Waals surface area contributed by atoms with Gasteiger partial charge in [-0.2, -0.15) is 5.10 Å². The van der Waals surface area contributed by atoms with Crippen molar-refractivity contribution < 1.29 is 19.1 Å². The minimum absolute atomic E-state index is 0.0609. The average molecular weight is 391 g/mol. The van der Waals surface area contributed by atoms with Crippen LogP contribution in [0.15, 0.2) is 47.6 Å². The molecule has 0 saturated carbocycles. The van der Waals surface area contributed by atoms with Gasteiger partial charge >= 0.3 is 5.97 Å². The van der Waals surface area contributed by atoms with Crippen molar-refractivity contribution in [3.63, 3.8) is 0 Å². The lowest BCUT2D eigenvalue weighted by molar-refractivity contribution is -0.137. The van der Waals surface area contributed by atoms with Gasteiger partial charge in [0.1, 0.15) is 18.6 Å². The number of carbonyl (C=O) groups is 3. The number of hydrogen-bond donors (Lipinski definition) is 1. The van der Waals surface area contributed by atoms with Crippen LogP contribution in [-0.4, -0.2) is 29.5 Å². The van der Waals surface area contributed by atoms with Gasteiger partial charge in [0, 0.05) is 0 Å². The highest BCUT2D eigenvalue weighted by atomic mass is 16.5. The number of aryl methyl sites for hydroxylation is 3. The van der Waals surface area contributed by atoms with Gasteiger partial charge in [-0.25, -0.2) is 9.69 Å². The Kier molecular flexibility index (Phi) is 4.66. The molecule has 2 unspecified atom stereocenters. The predicted octanol–water partition coefficient (Wildman–Crippen LogP) is 2.17. The SMILES string of the molecule is Cc1cc(C)c(N2C(=O)C3NN=C(C(=O)OCc4ccccc4)C3C2=O)c(C)c1. The van der Waals surface area contributed by atoms with Crippen molar-refractivity contribution in [1.29, 1.82) is 0 Å². The van der Waals surface area contributed by atoms with E-state index >= 15 is 0 Å². The summed E-state index contributed by atoms with van der Waals surface area (Å²) in [7, 11) is 0. The number of amides is 2. The zero-order valence-corrected chi connectivity index (χ0v) is 16.4. The molecular weight excluding hydrogens is 370 g/mol. The molecule has 2 atom stereocenters. The smallest absolute Gasteiger partial charge is 0.355 e. The number of benzene rings is 2. The van der Waals surface area contributed by atoms with Gasteiger partial charge in [0.15, 0.2) is 5.71 Å². The number of fused-ring (bicyclic) bond motifs is 1. The number of rotatable bonds is 4. The number of hydrazone groups is 1. The third kappa shape index (κ3) is 3.18. The van der Waals surface area contributed by atoms with Crippen LogP contribution >= 0.6 is 0 Å². The van der Waals surface area contributed by atoms with Gasteiger partial charge < -0.3 is 4.74 Å². The molecule has 2 aromatic carbocycles. The largest absolute Gasteiger partial charge is 0.456 e. The average Bonchev–Trinajstić information content (AvgIpc) is 3.22. The molecule has 29 heavy (non-hydrogen) atoms. The van der Waals surface area contributed by atoms with Gasteiger partial charge in [-0.3, -0.25) is 15.0 Å². The monoisotopic (exact) mass is 391 g/mol. The van der Waals surface area contributed by atoms with Gasteiger partial charge in [0.25, 0.3) is 5.91 Å². The lowest BCUT2D eigenvalue weighted by Gasteiger charge is -2.21. The fraction of sp³-hybridized carbons (Fsp3) is 0.273. The summed E-state index contributed by atoms with van der Waals surface area (Å²) in [4.78, 5) is 39.8. The van der Waals surface area contributed by atoms with Crippen molar-refractivity contribution in [3.8, 4) is 0 Å². The zero-order chi connectivity index (χ0) is 20.7. The molecule has 4 rings (SSSR count). The molecule has 0 aliphatic carbocycles. The van der Waals surface area contributed by atoms with Crippen LogP contribution in [-0.2, 0) is 25.7 Å². The van der Waals surface area contributed by atoms with Crippen LogP contribution in [0.1, 0.15) is 22.3 Å².